The minimum atomic E-state index is 0.304. The Balaban J connectivity index is 2.04. The van der Waals surface area contributed by atoms with Crippen molar-refractivity contribution in [3.05, 3.63) is 29.0 Å². The fourth-order valence-corrected chi connectivity index (χ4v) is 2.49. The molecule has 1 unspecified atom stereocenters. The number of nitrogens with zero attached hydrogens (tertiary/aromatic N) is 2. The highest BCUT2D eigenvalue weighted by atomic mass is 32.2. The Bertz CT molecular complexity index is 344. The maximum absolute atomic E-state index is 5.13. The third-order valence-corrected chi connectivity index (χ3v) is 3.57. The zero-order valence-electron chi connectivity index (χ0n) is 7.01. The van der Waals surface area contributed by atoms with Crippen LogP contribution in [0.4, 0.5) is 0 Å². The Morgan fingerprint density at radius 2 is 2.38 bits per heavy atom. The van der Waals surface area contributed by atoms with Gasteiger partial charge in [0.2, 0.25) is 0 Å². The van der Waals surface area contributed by atoms with Gasteiger partial charge in [-0.05, 0) is 6.92 Å². The van der Waals surface area contributed by atoms with Gasteiger partial charge in [0.25, 0.3) is 5.22 Å². The molecule has 0 bridgehead atoms. The van der Waals surface area contributed by atoms with E-state index in [-0.39, 0.29) is 0 Å². The average Bonchev–Trinajstić information content (AvgIpc) is 2.74. The summed E-state index contributed by atoms with van der Waals surface area (Å²) in [7, 11) is 0. The molecule has 2 aromatic heterocycles. The molecule has 2 rings (SSSR count). The molecule has 0 radical (unpaired) electrons. The summed E-state index contributed by atoms with van der Waals surface area (Å²) in [5, 5.41) is 4.08. The van der Waals surface area contributed by atoms with Crippen LogP contribution in [0.2, 0.25) is 0 Å². The summed E-state index contributed by atoms with van der Waals surface area (Å²) in [6.07, 6.45) is 5.04. The van der Waals surface area contributed by atoms with Gasteiger partial charge in [-0.1, -0.05) is 11.8 Å². The van der Waals surface area contributed by atoms with E-state index in [9.17, 15) is 0 Å². The third-order valence-electron chi connectivity index (χ3n) is 1.49. The molecule has 0 saturated carbocycles. The van der Waals surface area contributed by atoms with Crippen LogP contribution in [0.3, 0.4) is 0 Å². The van der Waals surface area contributed by atoms with Gasteiger partial charge in [0.05, 0.1) is 11.4 Å². The van der Waals surface area contributed by atoms with Crippen LogP contribution >= 0.6 is 23.1 Å². The van der Waals surface area contributed by atoms with Crippen LogP contribution in [0.5, 0.6) is 0 Å². The lowest BCUT2D eigenvalue weighted by Crippen LogP contribution is -1.85. The molecule has 0 fully saturated rings. The molecule has 3 nitrogen and oxygen atoms in total. The zero-order chi connectivity index (χ0) is 9.10. The smallest absolute Gasteiger partial charge is 0.256 e. The lowest BCUT2D eigenvalue weighted by molar-refractivity contribution is 0.453. The van der Waals surface area contributed by atoms with E-state index in [0.29, 0.717) is 10.5 Å². The highest BCUT2D eigenvalue weighted by Gasteiger charge is 2.11. The lowest BCUT2D eigenvalue weighted by Gasteiger charge is -2.02. The molecule has 68 valence electrons. The van der Waals surface area contributed by atoms with Crippen LogP contribution in [0.25, 0.3) is 0 Å². The SMILES string of the molecule is CC(Sc1ncco1)c1nccs1. The van der Waals surface area contributed by atoms with Gasteiger partial charge in [-0.3, -0.25) is 0 Å². The summed E-state index contributed by atoms with van der Waals surface area (Å²) in [6.45, 7) is 2.09. The van der Waals surface area contributed by atoms with Crippen molar-refractivity contribution in [2.75, 3.05) is 0 Å². The monoisotopic (exact) mass is 212 g/mol. The number of hydrogen-bond acceptors (Lipinski definition) is 5. The number of oxazole rings is 1. The maximum atomic E-state index is 5.13. The predicted molar refractivity (Wildman–Crippen MR) is 52.9 cm³/mol. The highest BCUT2D eigenvalue weighted by molar-refractivity contribution is 7.99. The first kappa shape index (κ1) is 8.77. The molecule has 0 aromatic carbocycles. The van der Waals surface area contributed by atoms with Crippen molar-refractivity contribution in [2.45, 2.75) is 17.4 Å². The first-order valence-corrected chi connectivity index (χ1v) is 5.58. The van der Waals surface area contributed by atoms with E-state index >= 15 is 0 Å². The highest BCUT2D eigenvalue weighted by Crippen LogP contribution is 2.34. The summed E-state index contributed by atoms with van der Waals surface area (Å²) in [5.41, 5.74) is 0. The van der Waals surface area contributed by atoms with E-state index in [1.807, 2.05) is 11.6 Å². The molecule has 0 N–H and O–H groups in total. The largest absolute Gasteiger partial charge is 0.440 e. The number of thioether (sulfide) groups is 1. The summed E-state index contributed by atoms with van der Waals surface area (Å²) < 4.78 is 5.13. The second-order valence-corrected chi connectivity index (χ2v) is 4.65. The molecule has 0 amide bonds. The third kappa shape index (κ3) is 2.10. The van der Waals surface area contributed by atoms with Crippen molar-refractivity contribution >= 4 is 23.1 Å². The molecule has 2 heterocycles. The van der Waals surface area contributed by atoms with Gasteiger partial charge in [-0.25, -0.2) is 9.97 Å². The molecule has 0 spiro atoms. The van der Waals surface area contributed by atoms with E-state index in [1.54, 1.807) is 35.6 Å². The van der Waals surface area contributed by atoms with E-state index in [4.69, 9.17) is 4.42 Å². The fourth-order valence-electron chi connectivity index (χ4n) is 0.905. The number of hydrogen-bond donors (Lipinski definition) is 0. The first-order valence-electron chi connectivity index (χ1n) is 3.82. The second-order valence-electron chi connectivity index (χ2n) is 2.43. The van der Waals surface area contributed by atoms with Crippen LogP contribution in [0.1, 0.15) is 17.2 Å². The van der Waals surface area contributed by atoms with Crippen LogP contribution in [0.15, 0.2) is 33.7 Å². The van der Waals surface area contributed by atoms with E-state index in [1.165, 1.54) is 0 Å². The molecular formula is C8H8N2OS2. The lowest BCUT2D eigenvalue weighted by atomic mass is 10.5. The maximum Gasteiger partial charge on any atom is 0.256 e. The molecule has 2 aromatic rings. The summed E-state index contributed by atoms with van der Waals surface area (Å²) in [6, 6.07) is 0. The van der Waals surface area contributed by atoms with Crippen molar-refractivity contribution in [2.24, 2.45) is 0 Å². The Morgan fingerprint density at radius 1 is 1.46 bits per heavy atom. The van der Waals surface area contributed by atoms with Crippen molar-refractivity contribution < 1.29 is 4.42 Å². The Kier molecular flexibility index (Phi) is 2.65. The quantitative estimate of drug-likeness (QED) is 0.733. The number of rotatable bonds is 3. The standard InChI is InChI=1S/C8H8N2OS2/c1-6(7-9-3-5-12-7)13-8-10-2-4-11-8/h2-6H,1H3. The minimum absolute atomic E-state index is 0.304. The number of thiazole rings is 1. The van der Waals surface area contributed by atoms with Crippen molar-refractivity contribution in [3.63, 3.8) is 0 Å². The molecular weight excluding hydrogens is 204 g/mol. The normalized spacial score (nSPS) is 13.0. The molecule has 0 aliphatic rings. The summed E-state index contributed by atoms with van der Waals surface area (Å²) >= 11 is 3.23. The number of aromatic nitrogens is 2. The van der Waals surface area contributed by atoms with E-state index in [2.05, 4.69) is 16.9 Å². The van der Waals surface area contributed by atoms with Gasteiger partial charge in [-0.2, -0.15) is 0 Å². The van der Waals surface area contributed by atoms with Gasteiger partial charge in [0, 0.05) is 11.6 Å². The van der Waals surface area contributed by atoms with Gasteiger partial charge < -0.3 is 4.42 Å². The van der Waals surface area contributed by atoms with E-state index in [0.717, 1.165) is 5.01 Å². The molecule has 0 aliphatic heterocycles. The zero-order valence-corrected chi connectivity index (χ0v) is 8.64. The second kappa shape index (κ2) is 3.93. The fraction of sp³-hybridized carbons (Fsp3) is 0.250. The topological polar surface area (TPSA) is 38.9 Å². The van der Waals surface area contributed by atoms with Crippen molar-refractivity contribution in [1.82, 2.24) is 9.97 Å². The van der Waals surface area contributed by atoms with Crippen molar-refractivity contribution in [1.29, 1.82) is 0 Å². The molecule has 13 heavy (non-hydrogen) atoms. The van der Waals surface area contributed by atoms with Gasteiger partial charge >= 0.3 is 0 Å². The van der Waals surface area contributed by atoms with Crippen LogP contribution in [-0.4, -0.2) is 9.97 Å². The Labute approximate surface area is 84.2 Å². The Hall–Kier alpha value is -0.810. The molecule has 0 aliphatic carbocycles. The van der Waals surface area contributed by atoms with E-state index < -0.39 is 0 Å². The summed E-state index contributed by atoms with van der Waals surface area (Å²) in [4.78, 5) is 8.26. The minimum Gasteiger partial charge on any atom is -0.440 e. The molecule has 0 saturated heterocycles. The first-order chi connectivity index (χ1) is 6.36. The van der Waals surface area contributed by atoms with Crippen LogP contribution in [0, 0.1) is 0 Å². The van der Waals surface area contributed by atoms with Gasteiger partial charge in [-0.15, -0.1) is 11.3 Å². The van der Waals surface area contributed by atoms with Crippen molar-refractivity contribution in [3.8, 4) is 0 Å². The predicted octanol–water partition coefficient (Wildman–Crippen LogP) is 2.98. The van der Waals surface area contributed by atoms with Crippen LogP contribution < -0.4 is 0 Å². The Morgan fingerprint density at radius 3 is 3.00 bits per heavy atom. The van der Waals surface area contributed by atoms with Gasteiger partial charge in [0.15, 0.2) is 0 Å². The molecule has 1 atom stereocenters. The van der Waals surface area contributed by atoms with Gasteiger partial charge in [0.1, 0.15) is 11.3 Å². The average molecular weight is 212 g/mol. The van der Waals surface area contributed by atoms with Crippen LogP contribution in [-0.2, 0) is 0 Å². The summed E-state index contributed by atoms with van der Waals surface area (Å²) in [5.74, 6) is 0. The molecule has 5 heteroatoms.